The van der Waals surface area contributed by atoms with Crippen molar-refractivity contribution in [2.45, 2.75) is 13.5 Å². The quantitative estimate of drug-likeness (QED) is 0.831. The summed E-state index contributed by atoms with van der Waals surface area (Å²) in [5.41, 5.74) is 8.55. The number of hydrogen-bond donors (Lipinski definition) is 2. The first kappa shape index (κ1) is 13.1. The Morgan fingerprint density at radius 2 is 1.89 bits per heavy atom. The topological polar surface area (TPSA) is 55.1 Å². The molecular weight excluding hydrogens is 243 g/mol. The van der Waals surface area contributed by atoms with E-state index in [0.29, 0.717) is 17.8 Å². The Hall–Kier alpha value is -2.36. The molecule has 2 aromatic carbocycles. The van der Waals surface area contributed by atoms with E-state index in [4.69, 9.17) is 5.73 Å². The van der Waals surface area contributed by atoms with E-state index in [1.807, 2.05) is 13.0 Å². The molecule has 3 N–H and O–H groups in total. The van der Waals surface area contributed by atoms with Crippen LogP contribution in [0.1, 0.15) is 21.5 Å². The molecule has 0 fully saturated rings. The van der Waals surface area contributed by atoms with Gasteiger partial charge >= 0.3 is 0 Å². The van der Waals surface area contributed by atoms with Crippen molar-refractivity contribution in [2.24, 2.45) is 0 Å². The SMILES string of the molecule is Cc1ccc(C(=O)NCc2ccc(F)cc2)c(N)c1. The van der Waals surface area contributed by atoms with Gasteiger partial charge in [0.2, 0.25) is 0 Å². The van der Waals surface area contributed by atoms with Crippen molar-refractivity contribution >= 4 is 11.6 Å². The van der Waals surface area contributed by atoms with Crippen LogP contribution in [0.4, 0.5) is 10.1 Å². The monoisotopic (exact) mass is 258 g/mol. The van der Waals surface area contributed by atoms with Gasteiger partial charge in [-0.3, -0.25) is 4.79 Å². The first-order valence-corrected chi connectivity index (χ1v) is 5.95. The number of hydrogen-bond acceptors (Lipinski definition) is 2. The average molecular weight is 258 g/mol. The number of benzene rings is 2. The molecule has 3 nitrogen and oxygen atoms in total. The van der Waals surface area contributed by atoms with E-state index in [-0.39, 0.29) is 11.7 Å². The Labute approximate surface area is 111 Å². The van der Waals surface area contributed by atoms with E-state index < -0.39 is 0 Å². The highest BCUT2D eigenvalue weighted by atomic mass is 19.1. The third-order valence-electron chi connectivity index (χ3n) is 2.82. The van der Waals surface area contributed by atoms with Gasteiger partial charge in [-0.25, -0.2) is 4.39 Å². The Bertz CT molecular complexity index is 594. The van der Waals surface area contributed by atoms with Crippen LogP contribution in [0.2, 0.25) is 0 Å². The number of aryl methyl sites for hydroxylation is 1. The van der Waals surface area contributed by atoms with Crippen molar-refractivity contribution in [3.8, 4) is 0 Å². The number of rotatable bonds is 3. The normalized spacial score (nSPS) is 10.2. The van der Waals surface area contributed by atoms with Crippen LogP contribution in [-0.4, -0.2) is 5.91 Å². The van der Waals surface area contributed by atoms with Gasteiger partial charge in [0.1, 0.15) is 5.82 Å². The van der Waals surface area contributed by atoms with Crippen LogP contribution in [0, 0.1) is 12.7 Å². The Balaban J connectivity index is 2.03. The fourth-order valence-corrected chi connectivity index (χ4v) is 1.77. The maximum absolute atomic E-state index is 12.7. The van der Waals surface area contributed by atoms with Gasteiger partial charge in [-0.2, -0.15) is 0 Å². The van der Waals surface area contributed by atoms with E-state index in [1.165, 1.54) is 12.1 Å². The lowest BCUT2D eigenvalue weighted by molar-refractivity contribution is 0.0952. The molecule has 0 atom stereocenters. The van der Waals surface area contributed by atoms with Gasteiger partial charge < -0.3 is 11.1 Å². The van der Waals surface area contributed by atoms with Gasteiger partial charge in [-0.15, -0.1) is 0 Å². The highest BCUT2D eigenvalue weighted by Crippen LogP contribution is 2.13. The maximum Gasteiger partial charge on any atom is 0.253 e. The maximum atomic E-state index is 12.7. The minimum Gasteiger partial charge on any atom is -0.398 e. The van der Waals surface area contributed by atoms with Crippen LogP contribution in [0.3, 0.4) is 0 Å². The molecule has 2 aromatic rings. The van der Waals surface area contributed by atoms with Gasteiger partial charge in [0, 0.05) is 12.2 Å². The van der Waals surface area contributed by atoms with Crippen LogP contribution in [0.25, 0.3) is 0 Å². The number of nitrogens with one attached hydrogen (secondary N) is 1. The number of nitrogens with two attached hydrogens (primary N) is 1. The Kier molecular flexibility index (Phi) is 3.80. The van der Waals surface area contributed by atoms with E-state index in [0.717, 1.165) is 11.1 Å². The molecule has 0 saturated heterocycles. The second-order valence-electron chi connectivity index (χ2n) is 4.40. The van der Waals surface area contributed by atoms with Crippen molar-refractivity contribution in [1.82, 2.24) is 5.32 Å². The van der Waals surface area contributed by atoms with E-state index in [1.54, 1.807) is 24.3 Å². The Morgan fingerprint density at radius 3 is 2.53 bits per heavy atom. The van der Waals surface area contributed by atoms with Crippen LogP contribution in [0.5, 0.6) is 0 Å². The van der Waals surface area contributed by atoms with Crippen LogP contribution < -0.4 is 11.1 Å². The second-order valence-corrected chi connectivity index (χ2v) is 4.40. The van der Waals surface area contributed by atoms with E-state index in [9.17, 15) is 9.18 Å². The summed E-state index contributed by atoms with van der Waals surface area (Å²) in [5, 5.41) is 2.75. The zero-order valence-corrected chi connectivity index (χ0v) is 10.6. The molecule has 19 heavy (non-hydrogen) atoms. The summed E-state index contributed by atoms with van der Waals surface area (Å²) < 4.78 is 12.7. The molecule has 1 amide bonds. The summed E-state index contributed by atoms with van der Waals surface area (Å²) in [6.07, 6.45) is 0. The molecule has 4 heteroatoms. The summed E-state index contributed by atoms with van der Waals surface area (Å²) in [7, 11) is 0. The first-order valence-electron chi connectivity index (χ1n) is 5.95. The summed E-state index contributed by atoms with van der Waals surface area (Å²) >= 11 is 0. The molecule has 0 aliphatic heterocycles. The second kappa shape index (κ2) is 5.52. The number of nitrogen functional groups attached to an aromatic ring is 1. The molecule has 0 bridgehead atoms. The third kappa shape index (κ3) is 3.31. The molecule has 0 aromatic heterocycles. The lowest BCUT2D eigenvalue weighted by Gasteiger charge is -2.08. The van der Waals surface area contributed by atoms with E-state index >= 15 is 0 Å². The zero-order valence-electron chi connectivity index (χ0n) is 10.6. The van der Waals surface area contributed by atoms with Crippen molar-refractivity contribution in [3.05, 3.63) is 65.0 Å². The van der Waals surface area contributed by atoms with Crippen molar-refractivity contribution in [3.63, 3.8) is 0 Å². The molecule has 0 spiro atoms. The highest BCUT2D eigenvalue weighted by Gasteiger charge is 2.09. The fraction of sp³-hybridized carbons (Fsp3) is 0.133. The molecule has 2 rings (SSSR count). The summed E-state index contributed by atoms with van der Waals surface area (Å²) in [6.45, 7) is 2.25. The largest absolute Gasteiger partial charge is 0.398 e. The minimum absolute atomic E-state index is 0.234. The molecule has 0 aliphatic carbocycles. The van der Waals surface area contributed by atoms with E-state index in [2.05, 4.69) is 5.32 Å². The van der Waals surface area contributed by atoms with Crippen molar-refractivity contribution < 1.29 is 9.18 Å². The van der Waals surface area contributed by atoms with Gasteiger partial charge in [-0.1, -0.05) is 18.2 Å². The average Bonchev–Trinajstić information content (AvgIpc) is 2.37. The lowest BCUT2D eigenvalue weighted by Crippen LogP contribution is -2.23. The van der Waals surface area contributed by atoms with Gasteiger partial charge in [0.25, 0.3) is 5.91 Å². The van der Waals surface area contributed by atoms with Gasteiger partial charge in [0.15, 0.2) is 0 Å². The number of halogens is 1. The zero-order chi connectivity index (χ0) is 13.8. The van der Waals surface area contributed by atoms with Crippen LogP contribution in [0.15, 0.2) is 42.5 Å². The number of anilines is 1. The third-order valence-corrected chi connectivity index (χ3v) is 2.82. The van der Waals surface area contributed by atoms with Crippen molar-refractivity contribution in [2.75, 3.05) is 5.73 Å². The first-order chi connectivity index (χ1) is 9.06. The van der Waals surface area contributed by atoms with Gasteiger partial charge in [0.05, 0.1) is 5.56 Å². The minimum atomic E-state index is -0.294. The predicted octanol–water partition coefficient (Wildman–Crippen LogP) is 2.65. The fourth-order valence-electron chi connectivity index (χ4n) is 1.77. The molecule has 0 aliphatic rings. The predicted molar refractivity (Wildman–Crippen MR) is 73.2 cm³/mol. The number of carbonyl (C=O) groups is 1. The lowest BCUT2D eigenvalue weighted by atomic mass is 10.1. The molecule has 0 heterocycles. The summed E-state index contributed by atoms with van der Waals surface area (Å²) in [4.78, 5) is 12.0. The Morgan fingerprint density at radius 1 is 1.21 bits per heavy atom. The molecule has 98 valence electrons. The van der Waals surface area contributed by atoms with Crippen LogP contribution in [-0.2, 0) is 6.54 Å². The molecular formula is C15H15FN2O. The van der Waals surface area contributed by atoms with Gasteiger partial charge in [-0.05, 0) is 42.3 Å². The standard InChI is InChI=1S/C15H15FN2O/c1-10-2-7-13(14(17)8-10)15(19)18-9-11-3-5-12(16)6-4-11/h2-8H,9,17H2,1H3,(H,18,19). The summed E-state index contributed by atoms with van der Waals surface area (Å²) in [5.74, 6) is -0.528. The molecule has 0 unspecified atom stereocenters. The van der Waals surface area contributed by atoms with Crippen LogP contribution >= 0.6 is 0 Å². The number of carbonyl (C=O) groups excluding carboxylic acids is 1. The highest BCUT2D eigenvalue weighted by molar-refractivity contribution is 5.99. The number of amides is 1. The molecule has 0 radical (unpaired) electrons. The smallest absolute Gasteiger partial charge is 0.253 e. The molecule has 0 saturated carbocycles. The summed E-state index contributed by atoms with van der Waals surface area (Å²) in [6, 6.07) is 11.3. The van der Waals surface area contributed by atoms with Crippen molar-refractivity contribution in [1.29, 1.82) is 0 Å².